The lowest BCUT2D eigenvalue weighted by Crippen LogP contribution is -2.38. The number of benzene rings is 2. The molecule has 152 valence electrons. The molecule has 0 aromatic heterocycles. The van der Waals surface area contributed by atoms with E-state index in [1.54, 1.807) is 0 Å². The van der Waals surface area contributed by atoms with E-state index in [1.807, 2.05) is 0 Å². The Kier molecular flexibility index (Phi) is 7.66. The van der Waals surface area contributed by atoms with E-state index in [-0.39, 0.29) is 0 Å². The molecule has 2 aromatic rings. The van der Waals surface area contributed by atoms with Gasteiger partial charge in [0.2, 0.25) is 0 Å². The average Bonchev–Trinajstić information content (AvgIpc) is 3.46. The van der Waals surface area contributed by atoms with Gasteiger partial charge in [-0.15, -0.1) is 0 Å². The van der Waals surface area contributed by atoms with Crippen LogP contribution in [-0.4, -0.2) is 25.0 Å². The summed E-state index contributed by atoms with van der Waals surface area (Å²) in [5.74, 6) is 3.43. The highest BCUT2D eigenvalue weighted by Crippen LogP contribution is 2.58. The van der Waals surface area contributed by atoms with Crippen molar-refractivity contribution in [3.05, 3.63) is 123 Å². The van der Waals surface area contributed by atoms with Crippen LogP contribution in [0.1, 0.15) is 13.3 Å². The smallest absolute Gasteiger partial charge is 0.0211 e. The molecule has 2 atom stereocenters. The van der Waals surface area contributed by atoms with Crippen LogP contribution >= 0.6 is 7.92 Å². The zero-order chi connectivity index (χ0) is 20.9. The van der Waals surface area contributed by atoms with Gasteiger partial charge in [0.1, 0.15) is 0 Å². The first kappa shape index (κ1) is 22.0. The molecule has 0 aliphatic heterocycles. The Hall–Kier alpha value is -1.17. The minimum atomic E-state index is -0.584. The predicted octanol–water partition coefficient (Wildman–Crippen LogP) is 5.21. The number of rotatable bonds is 8. The van der Waals surface area contributed by atoms with Crippen LogP contribution in [-0.2, 0) is 0 Å². The van der Waals surface area contributed by atoms with Crippen LogP contribution in [0.15, 0.2) is 60.7 Å². The molecule has 0 spiro atoms. The van der Waals surface area contributed by atoms with Gasteiger partial charge in [-0.3, -0.25) is 0 Å². The number of hydrogen-bond donors (Lipinski definition) is 0. The van der Waals surface area contributed by atoms with Crippen LogP contribution in [0.5, 0.6) is 0 Å². The van der Waals surface area contributed by atoms with Gasteiger partial charge >= 0.3 is 0 Å². The molecule has 2 saturated carbocycles. The van der Waals surface area contributed by atoms with E-state index < -0.39 is 7.92 Å². The highest BCUT2D eigenvalue weighted by Gasteiger charge is 2.42. The summed E-state index contributed by atoms with van der Waals surface area (Å²) in [4.78, 5) is 2.39. The molecular formula is C28H30NP. The van der Waals surface area contributed by atoms with E-state index in [0.717, 1.165) is 6.42 Å². The van der Waals surface area contributed by atoms with Gasteiger partial charge in [0.15, 0.2) is 0 Å². The fraction of sp³-hybridized carbons (Fsp3) is 0.214. The lowest BCUT2D eigenvalue weighted by Gasteiger charge is -2.38. The zero-order valence-corrected chi connectivity index (χ0v) is 19.0. The Morgan fingerprint density at radius 1 is 0.733 bits per heavy atom. The second-order valence-corrected chi connectivity index (χ2v) is 10.4. The fourth-order valence-corrected chi connectivity index (χ4v) is 6.81. The molecule has 2 aromatic carbocycles. The summed E-state index contributed by atoms with van der Waals surface area (Å²) in [6.45, 7) is 2.35. The maximum atomic E-state index is 2.39. The molecule has 0 bridgehead atoms. The molecule has 0 unspecified atom stereocenters. The first-order valence-corrected chi connectivity index (χ1v) is 12.0. The normalized spacial score (nSPS) is 21.0. The standard InChI is InChI=1S/C28H30NP/c1-22(23-13-10-11-14-23)21-27(29(2)3)26-19-12-20-28(26)30(24-15-6-4-7-16-24)25-17-8-5-9-18-25/h4-20,22,27H,21H2,1-3H3/t22-,27-/m0/s1. The van der Waals surface area contributed by atoms with Crippen LogP contribution in [0.4, 0.5) is 0 Å². The van der Waals surface area contributed by atoms with Crippen LogP contribution in [0.2, 0.25) is 0 Å². The highest BCUT2D eigenvalue weighted by molar-refractivity contribution is 7.76. The molecule has 0 amide bonds. The van der Waals surface area contributed by atoms with Crippen molar-refractivity contribution >= 4 is 18.5 Å². The third-order valence-electron chi connectivity index (χ3n) is 5.91. The van der Waals surface area contributed by atoms with Gasteiger partial charge < -0.3 is 4.90 Å². The Balaban J connectivity index is 1.61. The second-order valence-electron chi connectivity index (χ2n) is 8.21. The van der Waals surface area contributed by atoms with Crippen molar-refractivity contribution in [3.63, 3.8) is 0 Å². The van der Waals surface area contributed by atoms with Gasteiger partial charge in [-0.05, 0) is 95.8 Å². The summed E-state index contributed by atoms with van der Waals surface area (Å²) >= 11 is 0. The topological polar surface area (TPSA) is 3.24 Å². The Morgan fingerprint density at radius 2 is 1.30 bits per heavy atom. The zero-order valence-electron chi connectivity index (χ0n) is 18.1. The maximum absolute atomic E-state index is 2.39. The first-order chi connectivity index (χ1) is 14.6. The third-order valence-corrected chi connectivity index (χ3v) is 8.43. The van der Waals surface area contributed by atoms with Crippen molar-refractivity contribution in [2.45, 2.75) is 19.4 Å². The van der Waals surface area contributed by atoms with E-state index in [0.29, 0.717) is 12.0 Å². The molecule has 0 heterocycles. The molecule has 4 rings (SSSR count). The molecule has 2 aliphatic rings. The molecule has 2 fully saturated rings. The van der Waals surface area contributed by atoms with E-state index in [9.17, 15) is 0 Å². The SMILES string of the molecule is C[C@@H](C[C@@H]([C]1[CH][CH][CH][C]1P(c1ccccc1)c1ccccc1)N(C)C)[C]1[CH][CH][CH][CH]1. The molecule has 0 saturated heterocycles. The Morgan fingerprint density at radius 3 is 1.83 bits per heavy atom. The molecule has 2 aliphatic carbocycles. The van der Waals surface area contributed by atoms with Gasteiger partial charge in [-0.25, -0.2) is 0 Å². The maximum Gasteiger partial charge on any atom is 0.0211 e. The molecular weight excluding hydrogens is 381 g/mol. The van der Waals surface area contributed by atoms with Gasteiger partial charge in [-0.2, -0.15) is 0 Å². The average molecular weight is 412 g/mol. The largest absolute Gasteiger partial charge is 0.306 e. The van der Waals surface area contributed by atoms with E-state index in [1.165, 1.54) is 28.1 Å². The van der Waals surface area contributed by atoms with Crippen LogP contribution in [0.3, 0.4) is 0 Å². The lowest BCUT2D eigenvalue weighted by atomic mass is 9.82. The van der Waals surface area contributed by atoms with Crippen molar-refractivity contribution < 1.29 is 0 Å². The summed E-state index contributed by atoms with van der Waals surface area (Å²) in [6, 6.07) is 22.4. The molecule has 2 heteroatoms. The van der Waals surface area contributed by atoms with Crippen molar-refractivity contribution in [1.82, 2.24) is 4.90 Å². The monoisotopic (exact) mass is 411 g/mol. The van der Waals surface area contributed by atoms with E-state index in [2.05, 4.69) is 132 Å². The fourth-order valence-electron chi connectivity index (χ4n) is 4.30. The van der Waals surface area contributed by atoms with Gasteiger partial charge in [0.05, 0.1) is 0 Å². The van der Waals surface area contributed by atoms with Gasteiger partial charge in [-0.1, -0.05) is 67.6 Å². The summed E-state index contributed by atoms with van der Waals surface area (Å²) in [7, 11) is 3.85. The van der Waals surface area contributed by atoms with Crippen molar-refractivity contribution in [3.8, 4) is 0 Å². The van der Waals surface area contributed by atoms with Crippen molar-refractivity contribution in [2.24, 2.45) is 5.92 Å². The van der Waals surface area contributed by atoms with Crippen LogP contribution in [0.25, 0.3) is 0 Å². The summed E-state index contributed by atoms with van der Waals surface area (Å²) in [5.41, 5.74) is 1.48. The predicted molar refractivity (Wildman–Crippen MR) is 130 cm³/mol. The third kappa shape index (κ3) is 5.00. The summed E-state index contributed by atoms with van der Waals surface area (Å²) in [6.07, 6.45) is 16.9. The minimum Gasteiger partial charge on any atom is -0.306 e. The Labute approximate surface area is 186 Å². The van der Waals surface area contributed by atoms with Crippen LogP contribution < -0.4 is 10.6 Å². The van der Waals surface area contributed by atoms with Gasteiger partial charge in [0.25, 0.3) is 0 Å². The molecule has 30 heavy (non-hydrogen) atoms. The van der Waals surface area contributed by atoms with Crippen molar-refractivity contribution in [2.75, 3.05) is 14.1 Å². The molecule has 0 N–H and O–H groups in total. The minimum absolute atomic E-state index is 0.386. The highest BCUT2D eigenvalue weighted by atomic mass is 31.1. The lowest BCUT2D eigenvalue weighted by molar-refractivity contribution is 0.273. The quantitative estimate of drug-likeness (QED) is 0.539. The van der Waals surface area contributed by atoms with E-state index >= 15 is 0 Å². The number of nitrogens with zero attached hydrogens (tertiary/aromatic N) is 1. The molecule has 1 nitrogen and oxygen atoms in total. The first-order valence-electron chi connectivity index (χ1n) is 10.7. The number of hydrogen-bond acceptors (Lipinski definition) is 1. The Bertz CT molecular complexity index is 713. The summed E-state index contributed by atoms with van der Waals surface area (Å²) < 4.78 is 0. The second kappa shape index (κ2) is 10.4. The van der Waals surface area contributed by atoms with Gasteiger partial charge in [0, 0.05) is 17.6 Å². The van der Waals surface area contributed by atoms with Crippen LogP contribution in [0, 0.1) is 68.4 Å². The van der Waals surface area contributed by atoms with Crippen molar-refractivity contribution in [1.29, 1.82) is 0 Å². The molecule has 10 radical (unpaired) electrons. The summed E-state index contributed by atoms with van der Waals surface area (Å²) in [5, 5.41) is 2.82. The van der Waals surface area contributed by atoms with E-state index in [4.69, 9.17) is 0 Å².